The Labute approximate surface area is 594 Å². The first kappa shape index (κ1) is 95.1. The Morgan fingerprint density at radius 2 is 0.526 bits per heavy atom. The maximum Gasteiger partial charge on any atom is 0.472 e. The monoisotopic (exact) mass is 1420 g/mol. The van der Waals surface area contributed by atoms with Crippen LogP contribution < -0.4 is 0 Å². The van der Waals surface area contributed by atoms with Crippen LogP contribution in [0.4, 0.5) is 0 Å². The molecule has 0 amide bonds. The topological polar surface area (TPSA) is 237 Å². The summed E-state index contributed by atoms with van der Waals surface area (Å²) in [4.78, 5) is 72.8. The third-order valence-corrected chi connectivity index (χ3v) is 20.5. The molecule has 3 unspecified atom stereocenters. The lowest BCUT2D eigenvalue weighted by molar-refractivity contribution is -0.161. The molecule has 0 spiro atoms. The second-order valence-corrected chi connectivity index (χ2v) is 31.7. The Morgan fingerprint density at radius 1 is 0.299 bits per heavy atom. The molecule has 0 aliphatic heterocycles. The third kappa shape index (κ3) is 70.9. The second kappa shape index (κ2) is 69.8. The molecule has 97 heavy (non-hydrogen) atoms. The fourth-order valence-corrected chi connectivity index (χ4v) is 13.6. The summed E-state index contributed by atoms with van der Waals surface area (Å²) < 4.78 is 68.5. The summed E-state index contributed by atoms with van der Waals surface area (Å²) in [6.45, 7) is 9.66. The zero-order chi connectivity index (χ0) is 71.4. The van der Waals surface area contributed by atoms with E-state index in [0.717, 1.165) is 108 Å². The van der Waals surface area contributed by atoms with Crippen LogP contribution in [0, 0.1) is 11.8 Å². The molecule has 0 saturated heterocycles. The van der Waals surface area contributed by atoms with Crippen molar-refractivity contribution in [1.82, 2.24) is 0 Å². The van der Waals surface area contributed by atoms with Gasteiger partial charge in [0.05, 0.1) is 26.4 Å². The summed E-state index contributed by atoms with van der Waals surface area (Å²) in [5, 5.41) is 10.6. The zero-order valence-corrected chi connectivity index (χ0v) is 65.2. The molecular weight excluding hydrogens is 1270 g/mol. The number of hydrogen-bond donors (Lipinski definition) is 3. The lowest BCUT2D eigenvalue weighted by Crippen LogP contribution is -2.30. The van der Waals surface area contributed by atoms with Crippen LogP contribution in [0.1, 0.15) is 408 Å². The second-order valence-electron chi connectivity index (χ2n) is 28.8. The van der Waals surface area contributed by atoms with E-state index in [4.69, 9.17) is 37.0 Å². The van der Waals surface area contributed by atoms with Crippen molar-refractivity contribution in [1.29, 1.82) is 0 Å². The first-order chi connectivity index (χ1) is 46.9. The summed E-state index contributed by atoms with van der Waals surface area (Å²) in [5.74, 6) is -0.473. The fraction of sp³-hybridized carbons (Fsp3) is 0.949. The molecule has 0 aromatic carbocycles. The largest absolute Gasteiger partial charge is 0.472 e. The fourth-order valence-electron chi connectivity index (χ4n) is 12.0. The quantitative estimate of drug-likeness (QED) is 0.0222. The Hall–Kier alpha value is -1.94. The summed E-state index contributed by atoms with van der Waals surface area (Å²) in [6, 6.07) is 0. The van der Waals surface area contributed by atoms with Crippen LogP contribution in [0.5, 0.6) is 0 Å². The Morgan fingerprint density at radius 3 is 0.784 bits per heavy atom. The molecule has 6 atom stereocenters. The molecule has 0 saturated carbocycles. The van der Waals surface area contributed by atoms with E-state index in [-0.39, 0.29) is 25.7 Å². The lowest BCUT2D eigenvalue weighted by atomic mass is 9.99. The van der Waals surface area contributed by atoms with E-state index in [1.165, 1.54) is 218 Å². The van der Waals surface area contributed by atoms with Crippen LogP contribution in [0.2, 0.25) is 0 Å². The number of ether oxygens (including phenoxy) is 4. The van der Waals surface area contributed by atoms with E-state index in [1.807, 2.05) is 0 Å². The van der Waals surface area contributed by atoms with Crippen molar-refractivity contribution >= 4 is 39.5 Å². The van der Waals surface area contributed by atoms with Gasteiger partial charge in [0.2, 0.25) is 0 Å². The van der Waals surface area contributed by atoms with E-state index >= 15 is 0 Å². The number of aliphatic hydroxyl groups excluding tert-OH is 1. The average Bonchev–Trinajstić information content (AvgIpc) is 1.25. The molecule has 0 aliphatic carbocycles. The van der Waals surface area contributed by atoms with Gasteiger partial charge in [-0.25, -0.2) is 9.13 Å². The van der Waals surface area contributed by atoms with Crippen molar-refractivity contribution in [3.8, 4) is 0 Å². The van der Waals surface area contributed by atoms with Crippen LogP contribution in [0.15, 0.2) is 0 Å². The van der Waals surface area contributed by atoms with E-state index < -0.39 is 97.5 Å². The first-order valence-corrected chi connectivity index (χ1v) is 43.5. The number of hydrogen-bond acceptors (Lipinski definition) is 15. The minimum atomic E-state index is -4.96. The summed E-state index contributed by atoms with van der Waals surface area (Å²) >= 11 is 0. The van der Waals surface area contributed by atoms with Crippen LogP contribution in [0.3, 0.4) is 0 Å². The molecule has 0 aliphatic rings. The zero-order valence-electron chi connectivity index (χ0n) is 63.4. The lowest BCUT2D eigenvalue weighted by Gasteiger charge is -2.21. The Kier molecular flexibility index (Phi) is 68.4. The Bertz CT molecular complexity index is 1870. The molecule has 0 radical (unpaired) electrons. The molecule has 3 N–H and O–H groups in total. The molecule has 0 fully saturated rings. The minimum Gasteiger partial charge on any atom is -0.462 e. The number of esters is 4. The van der Waals surface area contributed by atoms with Crippen molar-refractivity contribution in [2.75, 3.05) is 39.6 Å². The molecule has 17 nitrogen and oxygen atoms in total. The van der Waals surface area contributed by atoms with Crippen LogP contribution in [-0.4, -0.2) is 96.7 Å². The highest BCUT2D eigenvalue weighted by atomic mass is 31.2. The number of aliphatic hydroxyl groups is 1. The summed E-state index contributed by atoms with van der Waals surface area (Å²) in [6.07, 6.45) is 58.3. The highest BCUT2D eigenvalue weighted by Gasteiger charge is 2.30. The molecule has 0 aromatic rings. The number of carbonyl (C=O) groups excluding carboxylic acids is 4. The van der Waals surface area contributed by atoms with Crippen LogP contribution in [-0.2, 0) is 65.4 Å². The standard InChI is InChI=1S/C78H152O17P2/c1-7-10-12-14-16-18-19-26-32-38-44-50-56-62-77(82)94-73(66-88-75(80)60-54-48-42-17-15-13-11-8-2)68-92-96(84,85)90-64-72(79)65-91-97(86,87)93-69-74(67-89-76(81)61-55-49-43-37-34-29-30-35-40-46-52-58-70(4)5)95-78(83)63-57-51-45-39-33-28-25-23-21-20-22-24-27-31-36-41-47-53-59-71(6)9-3/h70-74,79H,7-69H2,1-6H3,(H,84,85)(H,86,87)/t71?,72-,73+,74+/m0/s1. The number of unbranched alkanes of at least 4 members (excludes halogenated alkanes) is 46. The van der Waals surface area contributed by atoms with E-state index in [0.29, 0.717) is 25.7 Å². The molecule has 0 rings (SSSR count). The van der Waals surface area contributed by atoms with Gasteiger partial charge in [-0.2, -0.15) is 0 Å². The molecular formula is C78H152O17P2. The van der Waals surface area contributed by atoms with Gasteiger partial charge in [-0.15, -0.1) is 0 Å². The van der Waals surface area contributed by atoms with Gasteiger partial charge in [0.15, 0.2) is 12.2 Å². The van der Waals surface area contributed by atoms with Crippen molar-refractivity contribution in [2.45, 2.75) is 426 Å². The van der Waals surface area contributed by atoms with E-state index in [9.17, 15) is 43.2 Å². The number of carbonyl (C=O) groups is 4. The highest BCUT2D eigenvalue weighted by Crippen LogP contribution is 2.45. The van der Waals surface area contributed by atoms with E-state index in [2.05, 4.69) is 41.5 Å². The smallest absolute Gasteiger partial charge is 0.462 e. The van der Waals surface area contributed by atoms with Gasteiger partial charge in [-0.05, 0) is 37.5 Å². The molecule has 0 bridgehead atoms. The maximum absolute atomic E-state index is 13.1. The molecule has 19 heteroatoms. The molecule has 0 aromatic heterocycles. The Balaban J connectivity index is 5.17. The van der Waals surface area contributed by atoms with Crippen molar-refractivity contribution in [3.05, 3.63) is 0 Å². The summed E-state index contributed by atoms with van der Waals surface area (Å²) in [5.41, 5.74) is 0. The van der Waals surface area contributed by atoms with Crippen molar-refractivity contribution in [2.24, 2.45) is 11.8 Å². The van der Waals surface area contributed by atoms with Gasteiger partial charge in [0.25, 0.3) is 0 Å². The van der Waals surface area contributed by atoms with Crippen LogP contribution >= 0.6 is 15.6 Å². The number of phosphoric ester groups is 2. The summed E-state index contributed by atoms with van der Waals surface area (Å²) in [7, 11) is -9.91. The number of rotatable bonds is 77. The molecule has 0 heterocycles. The van der Waals surface area contributed by atoms with Crippen LogP contribution in [0.25, 0.3) is 0 Å². The normalized spacial score (nSPS) is 14.2. The average molecular weight is 1420 g/mol. The SMILES string of the molecule is CCCCCCCCCCCCCCCC(=O)O[C@H](COC(=O)CCCCCCCCCC)COP(=O)(O)OC[C@H](O)COP(=O)(O)OC[C@@H](COC(=O)CCCCCCCCCCCCCC(C)C)OC(=O)CCCCCCCCCCCCCCCCCCCCC(C)CC. The number of phosphoric acid groups is 2. The van der Waals surface area contributed by atoms with Gasteiger partial charge < -0.3 is 33.8 Å². The predicted octanol–water partition coefficient (Wildman–Crippen LogP) is 23.1. The van der Waals surface area contributed by atoms with Gasteiger partial charge in [0, 0.05) is 25.7 Å². The van der Waals surface area contributed by atoms with Gasteiger partial charge in [-0.1, -0.05) is 356 Å². The molecule has 576 valence electrons. The van der Waals surface area contributed by atoms with Crippen molar-refractivity contribution in [3.63, 3.8) is 0 Å². The van der Waals surface area contributed by atoms with Gasteiger partial charge in [0.1, 0.15) is 19.3 Å². The maximum atomic E-state index is 13.1. The van der Waals surface area contributed by atoms with Gasteiger partial charge in [-0.3, -0.25) is 37.3 Å². The minimum absolute atomic E-state index is 0.108. The first-order valence-electron chi connectivity index (χ1n) is 40.5. The third-order valence-electron chi connectivity index (χ3n) is 18.6. The van der Waals surface area contributed by atoms with Crippen molar-refractivity contribution < 1.29 is 80.2 Å². The highest BCUT2D eigenvalue weighted by molar-refractivity contribution is 7.47. The van der Waals surface area contributed by atoms with E-state index in [1.54, 1.807) is 0 Å². The predicted molar refractivity (Wildman–Crippen MR) is 395 cm³/mol. The van der Waals surface area contributed by atoms with Gasteiger partial charge >= 0.3 is 39.5 Å².